The Morgan fingerprint density at radius 1 is 1.45 bits per heavy atom. The van der Waals surface area contributed by atoms with Gasteiger partial charge in [-0.1, -0.05) is 19.4 Å². The van der Waals surface area contributed by atoms with Crippen LogP contribution in [0.5, 0.6) is 5.75 Å². The molecule has 1 saturated heterocycles. The van der Waals surface area contributed by atoms with Gasteiger partial charge in [0, 0.05) is 24.7 Å². The Hall–Kier alpha value is -1.06. The third-order valence-electron chi connectivity index (χ3n) is 4.29. The summed E-state index contributed by atoms with van der Waals surface area (Å²) in [5.74, 6) is 1.86. The van der Waals surface area contributed by atoms with Crippen LogP contribution >= 0.6 is 0 Å². The molecule has 3 heteroatoms. The molecule has 2 atom stereocenters. The molecule has 0 spiro atoms. The lowest BCUT2D eigenvalue weighted by atomic mass is 10.0. The number of benzene rings is 1. The summed E-state index contributed by atoms with van der Waals surface area (Å²) in [6.45, 7) is 7.70. The number of nitrogens with zero attached hydrogens (tertiary/aromatic N) is 1. The second-order valence-electron chi connectivity index (χ2n) is 6.04. The van der Waals surface area contributed by atoms with E-state index in [0.717, 1.165) is 18.2 Å². The zero-order valence-electron chi connectivity index (χ0n) is 13.1. The summed E-state index contributed by atoms with van der Waals surface area (Å²) < 4.78 is 5.50. The Labute approximate surface area is 123 Å². The first kappa shape index (κ1) is 15.3. The predicted octanol–water partition coefficient (Wildman–Crippen LogP) is 3.34. The number of likely N-dealkylation sites (tertiary alicyclic amines) is 1. The molecular weight excluding hydrogens is 248 g/mol. The number of rotatable bonds is 6. The van der Waals surface area contributed by atoms with Crippen molar-refractivity contribution in [3.8, 4) is 5.75 Å². The molecular formula is C17H28N2O. The molecule has 0 saturated carbocycles. The van der Waals surface area contributed by atoms with E-state index in [9.17, 15) is 0 Å². The van der Waals surface area contributed by atoms with E-state index in [1.807, 2.05) is 13.0 Å². The molecule has 20 heavy (non-hydrogen) atoms. The summed E-state index contributed by atoms with van der Waals surface area (Å²) in [4.78, 5) is 2.54. The molecule has 1 fully saturated rings. The minimum absolute atomic E-state index is 0.0751. The summed E-state index contributed by atoms with van der Waals surface area (Å²) in [6.07, 6.45) is 3.98. The highest BCUT2D eigenvalue weighted by Crippen LogP contribution is 2.27. The van der Waals surface area contributed by atoms with Gasteiger partial charge >= 0.3 is 0 Å². The fourth-order valence-corrected chi connectivity index (χ4v) is 3.15. The molecule has 1 aromatic rings. The lowest BCUT2D eigenvalue weighted by Crippen LogP contribution is -2.21. The van der Waals surface area contributed by atoms with E-state index in [4.69, 9.17) is 10.5 Å². The summed E-state index contributed by atoms with van der Waals surface area (Å²) in [5.41, 5.74) is 8.44. The van der Waals surface area contributed by atoms with Gasteiger partial charge in [0.1, 0.15) is 5.75 Å². The highest BCUT2D eigenvalue weighted by Gasteiger charge is 2.22. The molecule has 0 bridgehead atoms. The SMILES string of the molecule is CCCC1CCN(Cc2cc(C(C)N)ccc2OC)C1. The molecule has 2 rings (SSSR count). The van der Waals surface area contributed by atoms with Crippen molar-refractivity contribution >= 4 is 0 Å². The lowest BCUT2D eigenvalue weighted by Gasteiger charge is -2.19. The van der Waals surface area contributed by atoms with Gasteiger partial charge in [0.05, 0.1) is 7.11 Å². The maximum absolute atomic E-state index is 5.99. The first-order valence-electron chi connectivity index (χ1n) is 7.78. The minimum Gasteiger partial charge on any atom is -0.496 e. The predicted molar refractivity (Wildman–Crippen MR) is 83.9 cm³/mol. The fourth-order valence-electron chi connectivity index (χ4n) is 3.15. The average molecular weight is 276 g/mol. The van der Waals surface area contributed by atoms with E-state index in [1.165, 1.54) is 43.5 Å². The number of ether oxygens (including phenoxy) is 1. The van der Waals surface area contributed by atoms with E-state index < -0.39 is 0 Å². The third-order valence-corrected chi connectivity index (χ3v) is 4.29. The Bertz CT molecular complexity index is 431. The van der Waals surface area contributed by atoms with Crippen molar-refractivity contribution in [2.24, 2.45) is 11.7 Å². The van der Waals surface area contributed by atoms with Crippen molar-refractivity contribution in [3.63, 3.8) is 0 Å². The van der Waals surface area contributed by atoms with Crippen molar-refractivity contribution in [3.05, 3.63) is 29.3 Å². The zero-order valence-corrected chi connectivity index (χ0v) is 13.1. The van der Waals surface area contributed by atoms with Crippen LogP contribution in [0, 0.1) is 5.92 Å². The van der Waals surface area contributed by atoms with E-state index in [2.05, 4.69) is 24.0 Å². The third kappa shape index (κ3) is 3.74. The number of nitrogens with two attached hydrogens (primary N) is 1. The molecule has 1 aliphatic rings. The molecule has 1 aromatic carbocycles. The normalized spacial score (nSPS) is 21.1. The van der Waals surface area contributed by atoms with Crippen LogP contribution in [0.15, 0.2) is 18.2 Å². The summed E-state index contributed by atoms with van der Waals surface area (Å²) in [7, 11) is 1.74. The molecule has 0 radical (unpaired) electrons. The summed E-state index contributed by atoms with van der Waals surface area (Å²) in [5, 5.41) is 0. The Kier molecular flexibility index (Phi) is 5.44. The van der Waals surface area contributed by atoms with E-state index in [0.29, 0.717) is 0 Å². The molecule has 3 nitrogen and oxygen atoms in total. The van der Waals surface area contributed by atoms with Crippen molar-refractivity contribution in [2.45, 2.75) is 45.7 Å². The van der Waals surface area contributed by atoms with Crippen LogP contribution in [0.25, 0.3) is 0 Å². The average Bonchev–Trinajstić information content (AvgIpc) is 2.86. The molecule has 2 N–H and O–H groups in total. The van der Waals surface area contributed by atoms with Gasteiger partial charge in [-0.25, -0.2) is 0 Å². The Morgan fingerprint density at radius 3 is 2.90 bits per heavy atom. The van der Waals surface area contributed by atoms with Crippen molar-refractivity contribution < 1.29 is 4.74 Å². The number of methoxy groups -OCH3 is 1. The van der Waals surface area contributed by atoms with E-state index in [1.54, 1.807) is 7.11 Å². The van der Waals surface area contributed by atoms with E-state index >= 15 is 0 Å². The second kappa shape index (κ2) is 7.09. The monoisotopic (exact) mass is 276 g/mol. The van der Waals surface area contributed by atoms with Gasteiger partial charge in [0.25, 0.3) is 0 Å². The molecule has 2 unspecified atom stereocenters. The van der Waals surface area contributed by atoms with Gasteiger partial charge < -0.3 is 10.5 Å². The quantitative estimate of drug-likeness (QED) is 0.866. The van der Waals surface area contributed by atoms with Gasteiger partial charge in [-0.15, -0.1) is 0 Å². The minimum atomic E-state index is 0.0751. The molecule has 112 valence electrons. The molecule has 1 aliphatic heterocycles. The smallest absolute Gasteiger partial charge is 0.123 e. The van der Waals surface area contributed by atoms with Gasteiger partial charge in [-0.3, -0.25) is 4.90 Å². The van der Waals surface area contributed by atoms with Crippen LogP contribution in [0.2, 0.25) is 0 Å². The highest BCUT2D eigenvalue weighted by molar-refractivity contribution is 5.38. The van der Waals surface area contributed by atoms with E-state index in [-0.39, 0.29) is 6.04 Å². The van der Waals surface area contributed by atoms with Crippen LogP contribution in [0.3, 0.4) is 0 Å². The van der Waals surface area contributed by atoms with Gasteiger partial charge in [0.2, 0.25) is 0 Å². The zero-order chi connectivity index (χ0) is 14.5. The maximum atomic E-state index is 5.99. The topological polar surface area (TPSA) is 38.5 Å². The summed E-state index contributed by atoms with van der Waals surface area (Å²) >= 11 is 0. The Morgan fingerprint density at radius 2 is 2.25 bits per heavy atom. The molecule has 0 amide bonds. The van der Waals surface area contributed by atoms with Crippen molar-refractivity contribution in [1.29, 1.82) is 0 Å². The molecule has 1 heterocycles. The van der Waals surface area contributed by atoms with Crippen LogP contribution < -0.4 is 10.5 Å². The summed E-state index contributed by atoms with van der Waals surface area (Å²) in [6, 6.07) is 6.40. The van der Waals surface area contributed by atoms with Gasteiger partial charge in [0.15, 0.2) is 0 Å². The number of hydrogen-bond donors (Lipinski definition) is 1. The highest BCUT2D eigenvalue weighted by atomic mass is 16.5. The second-order valence-corrected chi connectivity index (χ2v) is 6.04. The first-order chi connectivity index (χ1) is 9.63. The van der Waals surface area contributed by atoms with Crippen molar-refractivity contribution in [2.75, 3.05) is 20.2 Å². The van der Waals surface area contributed by atoms with Gasteiger partial charge in [-0.05, 0) is 49.9 Å². The van der Waals surface area contributed by atoms with Crippen LogP contribution in [-0.2, 0) is 6.54 Å². The van der Waals surface area contributed by atoms with Crippen molar-refractivity contribution in [1.82, 2.24) is 4.90 Å². The van der Waals surface area contributed by atoms with Crippen LogP contribution in [0.4, 0.5) is 0 Å². The molecule has 0 aromatic heterocycles. The Balaban J connectivity index is 2.06. The maximum Gasteiger partial charge on any atom is 0.123 e. The standard InChI is InChI=1S/C17H28N2O/c1-4-5-14-8-9-19(11-14)12-16-10-15(13(2)18)6-7-17(16)20-3/h6-7,10,13-14H,4-5,8-9,11-12,18H2,1-3H3. The van der Waals surface area contributed by atoms with Crippen LogP contribution in [0.1, 0.15) is 50.3 Å². The lowest BCUT2D eigenvalue weighted by molar-refractivity contribution is 0.305. The van der Waals surface area contributed by atoms with Gasteiger partial charge in [-0.2, -0.15) is 0 Å². The fraction of sp³-hybridized carbons (Fsp3) is 0.647. The largest absolute Gasteiger partial charge is 0.496 e. The number of hydrogen-bond acceptors (Lipinski definition) is 3. The van der Waals surface area contributed by atoms with Crippen LogP contribution in [-0.4, -0.2) is 25.1 Å². The molecule has 0 aliphatic carbocycles. The first-order valence-corrected chi connectivity index (χ1v) is 7.78.